The SMILES string of the molecule is CC1=C2C[C@H]3CC[C@@H](C)[C@]2(CC1=O)[C@@]3(C)CCc1ccc(O)cc1. The van der Waals surface area contributed by atoms with Crippen molar-refractivity contribution in [1.82, 2.24) is 0 Å². The minimum Gasteiger partial charge on any atom is -0.508 e. The molecule has 2 heteroatoms. The molecule has 2 saturated carbocycles. The Morgan fingerprint density at radius 1 is 1.21 bits per heavy atom. The second-order valence-corrected chi connectivity index (χ2v) is 8.64. The third-order valence-corrected chi connectivity index (χ3v) is 7.88. The van der Waals surface area contributed by atoms with Crippen molar-refractivity contribution in [3.63, 3.8) is 0 Å². The van der Waals surface area contributed by atoms with Gasteiger partial charge in [-0.15, -0.1) is 0 Å². The van der Waals surface area contributed by atoms with Gasteiger partial charge in [-0.3, -0.25) is 4.79 Å². The first-order valence-corrected chi connectivity index (χ1v) is 9.40. The molecule has 3 aliphatic carbocycles. The Kier molecular flexibility index (Phi) is 3.46. The third kappa shape index (κ3) is 1.92. The Hall–Kier alpha value is -1.57. The molecule has 1 aromatic rings. The predicted octanol–water partition coefficient (Wildman–Crippen LogP) is 5.06. The zero-order valence-electron chi connectivity index (χ0n) is 15.1. The maximum absolute atomic E-state index is 12.5. The second-order valence-electron chi connectivity index (χ2n) is 8.64. The summed E-state index contributed by atoms with van der Waals surface area (Å²) in [5.74, 6) is 2.06. The van der Waals surface area contributed by atoms with Crippen LogP contribution in [0.4, 0.5) is 0 Å². The summed E-state index contributed by atoms with van der Waals surface area (Å²) in [6.45, 7) is 6.92. The first kappa shape index (κ1) is 15.9. The average molecular weight is 324 g/mol. The summed E-state index contributed by atoms with van der Waals surface area (Å²) in [5, 5.41) is 9.49. The fraction of sp³-hybridized carbons (Fsp3) is 0.591. The zero-order valence-corrected chi connectivity index (χ0v) is 15.1. The largest absolute Gasteiger partial charge is 0.508 e. The summed E-state index contributed by atoms with van der Waals surface area (Å²) in [6, 6.07) is 7.63. The van der Waals surface area contributed by atoms with Gasteiger partial charge < -0.3 is 5.11 Å². The molecule has 0 aliphatic heterocycles. The average Bonchev–Trinajstić information content (AvgIpc) is 2.88. The molecule has 1 N–H and O–H groups in total. The highest BCUT2D eigenvalue weighted by Crippen LogP contribution is 2.73. The van der Waals surface area contributed by atoms with Gasteiger partial charge in [-0.1, -0.05) is 31.6 Å². The van der Waals surface area contributed by atoms with Gasteiger partial charge in [0, 0.05) is 11.8 Å². The summed E-state index contributed by atoms with van der Waals surface area (Å²) in [5.41, 5.74) is 4.23. The zero-order chi connectivity index (χ0) is 17.1. The maximum atomic E-state index is 12.5. The summed E-state index contributed by atoms with van der Waals surface area (Å²) in [6.07, 6.45) is 6.63. The summed E-state index contributed by atoms with van der Waals surface area (Å²) < 4.78 is 0. The van der Waals surface area contributed by atoms with E-state index in [4.69, 9.17) is 0 Å². The third-order valence-electron chi connectivity index (χ3n) is 7.88. The van der Waals surface area contributed by atoms with Crippen molar-refractivity contribution in [1.29, 1.82) is 0 Å². The van der Waals surface area contributed by atoms with Crippen LogP contribution in [0.2, 0.25) is 0 Å². The van der Waals surface area contributed by atoms with Crippen LogP contribution in [0.1, 0.15) is 58.4 Å². The molecule has 1 spiro atoms. The van der Waals surface area contributed by atoms with Crippen LogP contribution in [-0.2, 0) is 11.2 Å². The minimum atomic E-state index is 0.119. The quantitative estimate of drug-likeness (QED) is 0.844. The monoisotopic (exact) mass is 324 g/mol. The number of allylic oxidation sites excluding steroid dienone is 2. The van der Waals surface area contributed by atoms with E-state index in [1.165, 1.54) is 24.0 Å². The number of carbonyl (C=O) groups excluding carboxylic acids is 1. The Bertz CT molecular complexity index is 714. The van der Waals surface area contributed by atoms with E-state index in [1.807, 2.05) is 12.1 Å². The lowest BCUT2D eigenvalue weighted by Crippen LogP contribution is -2.47. The Morgan fingerprint density at radius 3 is 2.62 bits per heavy atom. The molecule has 128 valence electrons. The van der Waals surface area contributed by atoms with Gasteiger partial charge in [0.2, 0.25) is 0 Å². The summed E-state index contributed by atoms with van der Waals surface area (Å²) in [4.78, 5) is 12.5. The lowest BCUT2D eigenvalue weighted by Gasteiger charge is -2.53. The van der Waals surface area contributed by atoms with Crippen LogP contribution < -0.4 is 0 Å². The molecule has 0 amide bonds. The summed E-state index contributed by atoms with van der Waals surface area (Å²) in [7, 11) is 0. The predicted molar refractivity (Wildman–Crippen MR) is 95.8 cm³/mol. The number of hydrogen-bond acceptors (Lipinski definition) is 2. The lowest BCUT2D eigenvalue weighted by atomic mass is 9.50. The van der Waals surface area contributed by atoms with Crippen molar-refractivity contribution in [3.8, 4) is 5.75 Å². The molecule has 3 aliphatic rings. The van der Waals surface area contributed by atoms with Crippen LogP contribution in [0.3, 0.4) is 0 Å². The van der Waals surface area contributed by atoms with Crippen molar-refractivity contribution in [2.24, 2.45) is 22.7 Å². The molecule has 0 aromatic heterocycles. The Morgan fingerprint density at radius 2 is 1.92 bits per heavy atom. The molecule has 0 radical (unpaired) electrons. The van der Waals surface area contributed by atoms with Gasteiger partial charge in [0.25, 0.3) is 0 Å². The molecule has 4 rings (SSSR count). The van der Waals surface area contributed by atoms with E-state index in [2.05, 4.69) is 20.8 Å². The van der Waals surface area contributed by atoms with E-state index in [0.29, 0.717) is 17.5 Å². The fourth-order valence-corrected chi connectivity index (χ4v) is 6.36. The first-order valence-electron chi connectivity index (χ1n) is 9.40. The molecule has 2 nitrogen and oxygen atoms in total. The molecule has 2 bridgehead atoms. The molecule has 1 aromatic carbocycles. The number of fused-ring (bicyclic) bond motifs is 1. The topological polar surface area (TPSA) is 37.3 Å². The van der Waals surface area contributed by atoms with Gasteiger partial charge in [-0.05, 0) is 79.5 Å². The van der Waals surface area contributed by atoms with Crippen molar-refractivity contribution in [2.45, 2.75) is 59.3 Å². The van der Waals surface area contributed by atoms with Crippen LogP contribution in [-0.4, -0.2) is 10.9 Å². The van der Waals surface area contributed by atoms with Crippen LogP contribution in [0.5, 0.6) is 5.75 Å². The van der Waals surface area contributed by atoms with Crippen molar-refractivity contribution >= 4 is 5.78 Å². The Labute approximate surface area is 145 Å². The van der Waals surface area contributed by atoms with Crippen LogP contribution >= 0.6 is 0 Å². The number of aryl methyl sites for hydroxylation is 1. The highest BCUT2D eigenvalue weighted by Gasteiger charge is 2.66. The molecule has 0 saturated heterocycles. The first-order chi connectivity index (χ1) is 11.4. The van der Waals surface area contributed by atoms with Crippen molar-refractivity contribution in [3.05, 3.63) is 41.0 Å². The van der Waals surface area contributed by atoms with Crippen LogP contribution in [0, 0.1) is 22.7 Å². The molecule has 0 heterocycles. The van der Waals surface area contributed by atoms with E-state index >= 15 is 0 Å². The summed E-state index contributed by atoms with van der Waals surface area (Å²) >= 11 is 0. The highest BCUT2D eigenvalue weighted by molar-refractivity contribution is 6.00. The molecule has 4 atom stereocenters. The van der Waals surface area contributed by atoms with Gasteiger partial charge in [0.05, 0.1) is 0 Å². The van der Waals surface area contributed by atoms with Crippen LogP contribution in [0.25, 0.3) is 0 Å². The highest BCUT2D eigenvalue weighted by atomic mass is 16.3. The minimum absolute atomic E-state index is 0.119. The number of rotatable bonds is 3. The van der Waals surface area contributed by atoms with Gasteiger partial charge in [-0.2, -0.15) is 0 Å². The number of Topliss-reactive ketones (excluding diaryl/α,β-unsaturated/α-hetero) is 1. The van der Waals surface area contributed by atoms with E-state index < -0.39 is 0 Å². The molecular formula is C22H28O2. The van der Waals surface area contributed by atoms with Gasteiger partial charge in [-0.25, -0.2) is 0 Å². The van der Waals surface area contributed by atoms with Crippen molar-refractivity contribution in [2.75, 3.05) is 0 Å². The molecule has 24 heavy (non-hydrogen) atoms. The molecule has 2 fully saturated rings. The number of aromatic hydroxyl groups is 1. The Balaban J connectivity index is 1.68. The second kappa shape index (κ2) is 5.21. The van der Waals surface area contributed by atoms with E-state index in [0.717, 1.165) is 37.2 Å². The van der Waals surface area contributed by atoms with Gasteiger partial charge in [0.15, 0.2) is 5.78 Å². The maximum Gasteiger partial charge on any atom is 0.159 e. The number of hydrogen-bond donors (Lipinski definition) is 1. The normalized spacial score (nSPS) is 37.9. The number of carbonyl (C=O) groups is 1. The van der Waals surface area contributed by atoms with E-state index in [9.17, 15) is 9.90 Å². The number of phenolic OH excluding ortho intramolecular Hbond substituents is 1. The smallest absolute Gasteiger partial charge is 0.159 e. The molecule has 0 unspecified atom stereocenters. The lowest BCUT2D eigenvalue weighted by molar-refractivity contribution is -0.120. The number of ketones is 1. The molecular weight excluding hydrogens is 296 g/mol. The van der Waals surface area contributed by atoms with Crippen molar-refractivity contribution < 1.29 is 9.90 Å². The standard InChI is InChI=1S/C22H28O2/c1-14-4-7-17-12-19-15(2)20(24)13-22(14,19)21(17,3)11-10-16-5-8-18(23)9-6-16/h5-6,8-9,14,17,23H,4,7,10-13H2,1-3H3/t14-,17-,21+,22+/m1/s1. The van der Waals surface area contributed by atoms with E-state index in [-0.39, 0.29) is 10.8 Å². The fourth-order valence-electron chi connectivity index (χ4n) is 6.36. The van der Waals surface area contributed by atoms with Gasteiger partial charge >= 0.3 is 0 Å². The van der Waals surface area contributed by atoms with Gasteiger partial charge in [0.1, 0.15) is 5.75 Å². The number of phenols is 1. The number of benzene rings is 1. The van der Waals surface area contributed by atoms with Crippen LogP contribution in [0.15, 0.2) is 35.4 Å². The van der Waals surface area contributed by atoms with E-state index in [1.54, 1.807) is 12.1 Å².